The Labute approximate surface area is 268 Å². The summed E-state index contributed by atoms with van der Waals surface area (Å²) in [6.45, 7) is 13.4. The van der Waals surface area contributed by atoms with Gasteiger partial charge in [-0.25, -0.2) is 0 Å². The molecule has 0 aliphatic carbocycles. The predicted molar refractivity (Wildman–Crippen MR) is 183 cm³/mol. The molecule has 0 heterocycles. The summed E-state index contributed by atoms with van der Waals surface area (Å²) in [5, 5.41) is 5.72. The van der Waals surface area contributed by atoms with E-state index in [1.165, 1.54) is 66.1 Å². The van der Waals surface area contributed by atoms with E-state index >= 15 is 0 Å². The zero-order valence-corrected chi connectivity index (χ0v) is 29.7. The van der Waals surface area contributed by atoms with Gasteiger partial charge in [0.1, 0.15) is 0 Å². The van der Waals surface area contributed by atoms with Crippen LogP contribution in [-0.2, 0) is 49.0 Å². The Kier molecular flexibility index (Phi) is 11.9. The molecule has 6 rings (SSSR count). The summed E-state index contributed by atoms with van der Waals surface area (Å²) < 4.78 is 0. The predicted octanol–water partition coefficient (Wildman–Crippen LogP) is 10.7. The fourth-order valence-electron chi connectivity index (χ4n) is 5.58. The van der Waals surface area contributed by atoms with Crippen molar-refractivity contribution < 1.29 is 23.3 Å². The topological polar surface area (TPSA) is 0 Å². The summed E-state index contributed by atoms with van der Waals surface area (Å²) in [5.74, 6) is 0. The third-order valence-electron chi connectivity index (χ3n) is 7.73. The normalized spacial score (nSPS) is 10.7. The maximum Gasteiger partial charge on any atom is -0.0246 e. The molecule has 0 saturated heterocycles. The minimum atomic E-state index is 0.210. The van der Waals surface area contributed by atoms with Crippen molar-refractivity contribution in [2.24, 2.45) is 0 Å². The first-order valence-electron chi connectivity index (χ1n) is 15.1. The van der Waals surface area contributed by atoms with E-state index in [0.717, 1.165) is 25.7 Å². The SMILES string of the molecule is C[Si](C)=[Zr+2].Cc1cc2c(CCc3ccccc3)ccc(C)c2[cH-]1.Cc1cc2c(CCc3ccccc3)ccc(C)c2[cH-]1. The van der Waals surface area contributed by atoms with Gasteiger partial charge in [-0.3, -0.25) is 0 Å². The van der Waals surface area contributed by atoms with Crippen molar-refractivity contribution in [2.45, 2.75) is 66.5 Å². The van der Waals surface area contributed by atoms with Crippen LogP contribution in [0, 0.1) is 27.7 Å². The molecule has 0 aliphatic heterocycles. The Bertz CT molecular complexity index is 1610. The van der Waals surface area contributed by atoms with Crippen LogP contribution >= 0.6 is 0 Å². The van der Waals surface area contributed by atoms with Crippen LogP contribution in [0.25, 0.3) is 21.5 Å². The first-order valence-corrected chi connectivity index (χ1v) is 21.3. The molecule has 0 amide bonds. The van der Waals surface area contributed by atoms with E-state index in [1.54, 1.807) is 23.3 Å². The molecule has 0 atom stereocenters. The third kappa shape index (κ3) is 9.10. The quantitative estimate of drug-likeness (QED) is 0.125. The van der Waals surface area contributed by atoms with Crippen LogP contribution in [0.15, 0.2) is 109 Å². The summed E-state index contributed by atoms with van der Waals surface area (Å²) in [6.07, 6.45) is 4.46. The van der Waals surface area contributed by atoms with Crippen LogP contribution in [0.1, 0.15) is 44.5 Å². The van der Waals surface area contributed by atoms with Gasteiger partial charge in [0.2, 0.25) is 0 Å². The van der Waals surface area contributed by atoms with Crippen molar-refractivity contribution in [1.82, 2.24) is 0 Å². The molecular formula is C40H44SiZr. The van der Waals surface area contributed by atoms with Gasteiger partial charge in [-0.1, -0.05) is 112 Å². The van der Waals surface area contributed by atoms with Crippen molar-refractivity contribution in [3.63, 3.8) is 0 Å². The molecule has 2 heteroatoms. The van der Waals surface area contributed by atoms with E-state index in [0.29, 0.717) is 0 Å². The summed E-state index contributed by atoms with van der Waals surface area (Å²) in [5.41, 5.74) is 11.5. The molecule has 42 heavy (non-hydrogen) atoms. The first kappa shape index (κ1) is 32.1. The maximum absolute atomic E-state index is 2.32. The molecule has 0 aliphatic rings. The fraction of sp³-hybridized carbons (Fsp3) is 0.250. The van der Waals surface area contributed by atoms with Gasteiger partial charge >= 0.3 is 41.9 Å². The summed E-state index contributed by atoms with van der Waals surface area (Å²) in [7, 11) is 0. The van der Waals surface area contributed by atoms with Crippen molar-refractivity contribution in [3.8, 4) is 0 Å². The molecule has 0 unspecified atom stereocenters. The Balaban J connectivity index is 0.000000171. The number of rotatable bonds is 6. The molecular weight excluding hydrogens is 600 g/mol. The van der Waals surface area contributed by atoms with Gasteiger partial charge in [0, 0.05) is 0 Å². The van der Waals surface area contributed by atoms with E-state index < -0.39 is 0 Å². The van der Waals surface area contributed by atoms with E-state index in [4.69, 9.17) is 0 Å². The zero-order chi connectivity index (χ0) is 30.1. The Morgan fingerprint density at radius 1 is 0.524 bits per heavy atom. The molecule has 0 spiro atoms. The van der Waals surface area contributed by atoms with E-state index in [9.17, 15) is 0 Å². The average molecular weight is 644 g/mol. The molecule has 0 nitrogen and oxygen atoms in total. The number of benzene rings is 4. The van der Waals surface area contributed by atoms with Crippen molar-refractivity contribution >= 4 is 27.0 Å². The monoisotopic (exact) mass is 642 g/mol. The molecule has 0 fully saturated rings. The average Bonchev–Trinajstić information content (AvgIpc) is 3.57. The molecule has 0 N–H and O–H groups in total. The van der Waals surface area contributed by atoms with Gasteiger partial charge in [-0.05, 0) is 36.8 Å². The van der Waals surface area contributed by atoms with Gasteiger partial charge in [0.05, 0.1) is 0 Å². The second kappa shape index (κ2) is 15.6. The van der Waals surface area contributed by atoms with Crippen molar-refractivity contribution in [1.29, 1.82) is 0 Å². The zero-order valence-electron chi connectivity index (χ0n) is 26.2. The van der Waals surface area contributed by atoms with Crippen molar-refractivity contribution in [2.75, 3.05) is 0 Å². The summed E-state index contributed by atoms with van der Waals surface area (Å²) in [6, 6.07) is 39.8. The maximum atomic E-state index is 2.32. The molecule has 0 radical (unpaired) electrons. The van der Waals surface area contributed by atoms with Gasteiger partial charge in [0.25, 0.3) is 0 Å². The molecule has 0 bridgehead atoms. The van der Waals surface area contributed by atoms with Gasteiger partial charge in [-0.15, -0.1) is 68.1 Å². The van der Waals surface area contributed by atoms with Crippen LogP contribution in [0.2, 0.25) is 13.1 Å². The van der Waals surface area contributed by atoms with Crippen LogP contribution in [0.5, 0.6) is 0 Å². The largest absolute Gasteiger partial charge is 0.165 e. The van der Waals surface area contributed by atoms with E-state index in [2.05, 4.69) is 150 Å². The van der Waals surface area contributed by atoms with Crippen LogP contribution < -0.4 is 0 Å². The molecule has 212 valence electrons. The molecule has 6 aromatic rings. The van der Waals surface area contributed by atoms with Gasteiger partial charge in [-0.2, -0.15) is 12.1 Å². The molecule has 6 aromatic carbocycles. The number of fused-ring (bicyclic) bond motifs is 2. The second-order valence-corrected chi connectivity index (χ2v) is 21.1. The van der Waals surface area contributed by atoms with Gasteiger partial charge < -0.3 is 0 Å². The van der Waals surface area contributed by atoms with Crippen LogP contribution in [0.3, 0.4) is 0 Å². The molecule has 0 saturated carbocycles. The van der Waals surface area contributed by atoms with Crippen molar-refractivity contribution in [3.05, 3.63) is 154 Å². The smallest absolute Gasteiger partial charge is 0.0246 e. The Morgan fingerprint density at radius 2 is 0.881 bits per heavy atom. The minimum absolute atomic E-state index is 0.210. The Hall–Kier alpha value is -2.80. The summed E-state index contributed by atoms with van der Waals surface area (Å²) in [4.78, 5) is 0. The van der Waals surface area contributed by atoms with E-state index in [1.807, 2.05) is 0 Å². The second-order valence-electron chi connectivity index (χ2n) is 11.8. The van der Waals surface area contributed by atoms with Crippen LogP contribution in [-0.4, -0.2) is 5.43 Å². The minimum Gasteiger partial charge on any atom is -0.165 e. The number of hydrogen-bond acceptors (Lipinski definition) is 0. The molecule has 0 aromatic heterocycles. The summed E-state index contributed by atoms with van der Waals surface area (Å²) >= 11 is 1.74. The van der Waals surface area contributed by atoms with Crippen LogP contribution in [0.4, 0.5) is 0 Å². The number of hydrogen-bond donors (Lipinski definition) is 0. The van der Waals surface area contributed by atoms with E-state index in [-0.39, 0.29) is 5.43 Å². The fourth-order valence-corrected chi connectivity index (χ4v) is 5.58. The first-order chi connectivity index (χ1) is 20.2. The number of aryl methyl sites for hydroxylation is 8. The van der Waals surface area contributed by atoms with Gasteiger partial charge in [0.15, 0.2) is 0 Å². The Morgan fingerprint density at radius 3 is 1.24 bits per heavy atom. The third-order valence-corrected chi connectivity index (χ3v) is 7.73. The standard InChI is InChI=1S/2C19H19.C2H6Si.Zr/c2*1-14-12-18-15(2)8-10-17(19(18)13-14)11-9-16-6-4-3-5-7-16;1-3-2;/h2*3-8,10,12-13H,9,11H2,1-2H3;1-2H3;/q2*-1;;+2.